The quantitative estimate of drug-likeness (QED) is 0.467. The number of rotatable bonds is 8. The Morgan fingerprint density at radius 2 is 2.10 bits per heavy atom. The third-order valence-electron chi connectivity index (χ3n) is 5.85. The van der Waals surface area contributed by atoms with Gasteiger partial charge in [-0.3, -0.25) is 0 Å². The Hall–Kier alpha value is -1.47. The Kier molecular flexibility index (Phi) is 7.08. The molecule has 160 valence electrons. The van der Waals surface area contributed by atoms with Crippen molar-refractivity contribution in [2.75, 3.05) is 33.4 Å². The number of benzene rings is 2. The van der Waals surface area contributed by atoms with Crippen molar-refractivity contribution in [2.45, 2.75) is 31.0 Å². The molecule has 1 aliphatic rings. The lowest BCUT2D eigenvalue weighted by Gasteiger charge is -2.40. The van der Waals surface area contributed by atoms with E-state index in [1.807, 2.05) is 30.3 Å². The van der Waals surface area contributed by atoms with Crippen LogP contribution in [0.1, 0.15) is 24.8 Å². The SMILES string of the molecule is COCCCCC(O)(c1cccc(Cl)c1-c1csc2ccccc12)[C@H]1CNCCO1. The fourth-order valence-corrected chi connectivity index (χ4v) is 5.54. The number of thiophene rings is 1. The smallest absolute Gasteiger partial charge is 0.118 e. The molecule has 0 bridgehead atoms. The highest BCUT2D eigenvalue weighted by atomic mass is 35.5. The van der Waals surface area contributed by atoms with E-state index in [1.54, 1.807) is 18.4 Å². The Bertz CT molecular complexity index is 985. The summed E-state index contributed by atoms with van der Waals surface area (Å²) in [6.07, 6.45) is 1.96. The topological polar surface area (TPSA) is 50.7 Å². The highest BCUT2D eigenvalue weighted by Gasteiger charge is 2.42. The molecule has 1 aromatic heterocycles. The lowest BCUT2D eigenvalue weighted by molar-refractivity contribution is -0.129. The monoisotopic (exact) mass is 445 g/mol. The molecule has 1 fully saturated rings. The van der Waals surface area contributed by atoms with Gasteiger partial charge in [-0.1, -0.05) is 41.9 Å². The van der Waals surface area contributed by atoms with E-state index in [9.17, 15) is 5.11 Å². The Labute approximate surface area is 186 Å². The van der Waals surface area contributed by atoms with Crippen molar-refractivity contribution in [3.8, 4) is 11.1 Å². The predicted octanol–water partition coefficient (Wildman–Crippen LogP) is 5.21. The molecule has 2 atom stereocenters. The number of aliphatic hydroxyl groups is 1. The zero-order valence-electron chi connectivity index (χ0n) is 17.2. The third kappa shape index (κ3) is 4.28. The normalized spacial score (nSPS) is 19.1. The second-order valence-corrected chi connectivity index (χ2v) is 9.06. The second-order valence-electron chi connectivity index (χ2n) is 7.75. The maximum absolute atomic E-state index is 12.1. The summed E-state index contributed by atoms with van der Waals surface area (Å²) in [6, 6.07) is 14.1. The lowest BCUT2D eigenvalue weighted by atomic mass is 9.79. The molecule has 1 aliphatic heterocycles. The summed E-state index contributed by atoms with van der Waals surface area (Å²) in [5.41, 5.74) is 1.66. The molecule has 30 heavy (non-hydrogen) atoms. The van der Waals surface area contributed by atoms with Crippen molar-refractivity contribution >= 4 is 33.0 Å². The van der Waals surface area contributed by atoms with Crippen LogP contribution in [0.25, 0.3) is 21.2 Å². The number of hydrogen-bond acceptors (Lipinski definition) is 5. The first kappa shape index (κ1) is 21.8. The van der Waals surface area contributed by atoms with E-state index < -0.39 is 5.60 Å². The van der Waals surface area contributed by atoms with Gasteiger partial charge < -0.3 is 19.9 Å². The third-order valence-corrected chi connectivity index (χ3v) is 7.13. The van der Waals surface area contributed by atoms with Crippen LogP contribution in [0.3, 0.4) is 0 Å². The molecule has 4 nitrogen and oxygen atoms in total. The van der Waals surface area contributed by atoms with Gasteiger partial charge in [0.2, 0.25) is 0 Å². The van der Waals surface area contributed by atoms with Crippen LogP contribution in [0, 0.1) is 0 Å². The van der Waals surface area contributed by atoms with E-state index in [0.29, 0.717) is 31.2 Å². The number of unbranched alkanes of at least 4 members (excludes halogenated alkanes) is 1. The van der Waals surface area contributed by atoms with Crippen molar-refractivity contribution in [1.29, 1.82) is 0 Å². The van der Waals surface area contributed by atoms with Gasteiger partial charge in [0.25, 0.3) is 0 Å². The second kappa shape index (κ2) is 9.77. The first-order chi connectivity index (χ1) is 14.6. The molecule has 2 heterocycles. The molecular formula is C24H28ClNO3S. The first-order valence-electron chi connectivity index (χ1n) is 10.4. The standard InChI is InChI=1S/C24H28ClNO3S/c1-28-13-5-4-11-24(27,22-15-26-12-14-29-22)19-8-6-9-20(25)23(19)18-16-30-21-10-3-2-7-17(18)21/h2-3,6-10,16,22,26-27H,4-5,11-15H2,1H3/t22-,24?/m1/s1. The van der Waals surface area contributed by atoms with Gasteiger partial charge in [0.05, 0.1) is 6.61 Å². The van der Waals surface area contributed by atoms with E-state index >= 15 is 0 Å². The van der Waals surface area contributed by atoms with Gasteiger partial charge in [0.15, 0.2) is 0 Å². The van der Waals surface area contributed by atoms with Gasteiger partial charge >= 0.3 is 0 Å². The minimum Gasteiger partial charge on any atom is -0.385 e. The Morgan fingerprint density at radius 1 is 1.23 bits per heavy atom. The van der Waals surface area contributed by atoms with Crippen LogP contribution >= 0.6 is 22.9 Å². The molecular weight excluding hydrogens is 418 g/mol. The van der Waals surface area contributed by atoms with Gasteiger partial charge in [-0.05, 0) is 42.3 Å². The van der Waals surface area contributed by atoms with Gasteiger partial charge in [-0.25, -0.2) is 0 Å². The van der Waals surface area contributed by atoms with Crippen LogP contribution in [-0.2, 0) is 15.1 Å². The van der Waals surface area contributed by atoms with Crippen molar-refractivity contribution in [1.82, 2.24) is 5.32 Å². The number of morpholine rings is 1. The van der Waals surface area contributed by atoms with Gasteiger partial charge in [-0.2, -0.15) is 0 Å². The van der Waals surface area contributed by atoms with Crippen LogP contribution in [-0.4, -0.2) is 44.6 Å². The van der Waals surface area contributed by atoms with Crippen molar-refractivity contribution in [2.24, 2.45) is 0 Å². The lowest BCUT2D eigenvalue weighted by Crippen LogP contribution is -2.51. The molecule has 3 aromatic rings. The minimum absolute atomic E-state index is 0.337. The molecule has 2 N–H and O–H groups in total. The van der Waals surface area contributed by atoms with Gasteiger partial charge in [0.1, 0.15) is 11.7 Å². The summed E-state index contributed by atoms with van der Waals surface area (Å²) >= 11 is 8.46. The molecule has 0 amide bonds. The molecule has 6 heteroatoms. The van der Waals surface area contributed by atoms with Gasteiger partial charge in [0, 0.05) is 53.0 Å². The summed E-state index contributed by atoms with van der Waals surface area (Å²) < 4.78 is 12.5. The Balaban J connectivity index is 1.81. The minimum atomic E-state index is -1.15. The first-order valence-corrected chi connectivity index (χ1v) is 11.7. The van der Waals surface area contributed by atoms with E-state index in [0.717, 1.165) is 41.5 Å². The van der Waals surface area contributed by atoms with E-state index in [-0.39, 0.29) is 6.10 Å². The fourth-order valence-electron chi connectivity index (χ4n) is 4.31. The molecule has 4 rings (SSSR count). The van der Waals surface area contributed by atoms with Crippen molar-refractivity contribution in [3.05, 3.63) is 58.4 Å². The molecule has 0 saturated carbocycles. The van der Waals surface area contributed by atoms with Crippen LogP contribution in [0.15, 0.2) is 47.8 Å². The molecule has 0 aliphatic carbocycles. The zero-order chi connectivity index (χ0) is 21.0. The fraction of sp³-hybridized carbons (Fsp3) is 0.417. The summed E-state index contributed by atoms with van der Waals surface area (Å²) in [4.78, 5) is 0. The van der Waals surface area contributed by atoms with Crippen LogP contribution in [0.5, 0.6) is 0 Å². The number of methoxy groups -OCH3 is 1. The predicted molar refractivity (Wildman–Crippen MR) is 125 cm³/mol. The highest BCUT2D eigenvalue weighted by Crippen LogP contribution is 2.45. The number of halogens is 1. The summed E-state index contributed by atoms with van der Waals surface area (Å²) in [7, 11) is 1.71. The molecule has 1 saturated heterocycles. The largest absolute Gasteiger partial charge is 0.385 e. The average Bonchev–Trinajstić information content (AvgIpc) is 3.21. The average molecular weight is 446 g/mol. The van der Waals surface area contributed by atoms with Crippen LogP contribution in [0.4, 0.5) is 0 Å². The summed E-state index contributed by atoms with van der Waals surface area (Å²) in [5.74, 6) is 0. The number of nitrogens with one attached hydrogen (secondary N) is 1. The van der Waals surface area contributed by atoms with Crippen molar-refractivity contribution < 1.29 is 14.6 Å². The number of hydrogen-bond donors (Lipinski definition) is 2. The van der Waals surface area contributed by atoms with E-state index in [4.69, 9.17) is 21.1 Å². The van der Waals surface area contributed by atoms with Crippen molar-refractivity contribution in [3.63, 3.8) is 0 Å². The number of fused-ring (bicyclic) bond motifs is 1. The zero-order valence-corrected chi connectivity index (χ0v) is 18.8. The van der Waals surface area contributed by atoms with Gasteiger partial charge in [-0.15, -0.1) is 11.3 Å². The van der Waals surface area contributed by atoms with Crippen LogP contribution in [0.2, 0.25) is 5.02 Å². The highest BCUT2D eigenvalue weighted by molar-refractivity contribution is 7.17. The summed E-state index contributed by atoms with van der Waals surface area (Å²) in [5, 5.41) is 19.4. The maximum Gasteiger partial charge on any atom is 0.118 e. The molecule has 0 spiro atoms. The maximum atomic E-state index is 12.1. The molecule has 1 unspecified atom stereocenters. The molecule has 2 aromatic carbocycles. The number of ether oxygens (including phenoxy) is 2. The summed E-state index contributed by atoms with van der Waals surface area (Å²) in [6.45, 7) is 2.67. The van der Waals surface area contributed by atoms with E-state index in [2.05, 4.69) is 22.8 Å². The molecule has 0 radical (unpaired) electrons. The Morgan fingerprint density at radius 3 is 2.90 bits per heavy atom. The van der Waals surface area contributed by atoms with E-state index in [1.165, 1.54) is 4.70 Å². The van der Waals surface area contributed by atoms with Crippen LogP contribution < -0.4 is 5.32 Å².